The van der Waals surface area contributed by atoms with E-state index in [-0.39, 0.29) is 18.0 Å². The van der Waals surface area contributed by atoms with Gasteiger partial charge in [0.1, 0.15) is 6.54 Å². The Morgan fingerprint density at radius 2 is 1.89 bits per heavy atom. The average Bonchev–Trinajstić information content (AvgIpc) is 3.09. The highest BCUT2D eigenvalue weighted by Crippen LogP contribution is 2.33. The molecule has 0 aliphatic heterocycles. The minimum atomic E-state index is -0.254. The van der Waals surface area contributed by atoms with Gasteiger partial charge in [-0.3, -0.25) is 9.59 Å². The predicted molar refractivity (Wildman–Crippen MR) is 112 cm³/mol. The van der Waals surface area contributed by atoms with Crippen LogP contribution in [0.15, 0.2) is 23.0 Å². The summed E-state index contributed by atoms with van der Waals surface area (Å²) in [5, 5.41) is 11.9. The lowest BCUT2D eigenvalue weighted by molar-refractivity contribution is -0.117. The van der Waals surface area contributed by atoms with Gasteiger partial charge in [-0.2, -0.15) is 0 Å². The van der Waals surface area contributed by atoms with Crippen molar-refractivity contribution in [3.63, 3.8) is 0 Å². The van der Waals surface area contributed by atoms with E-state index < -0.39 is 0 Å². The number of anilines is 1. The average molecular weight is 397 g/mol. The van der Waals surface area contributed by atoms with E-state index in [4.69, 9.17) is 0 Å². The van der Waals surface area contributed by atoms with Gasteiger partial charge in [0, 0.05) is 10.6 Å². The SMILES string of the molecule is CCc1cccc(CC)c1NC(=O)Cn1nnc2sc3c(c2c1=O)CCCC3. The summed E-state index contributed by atoms with van der Waals surface area (Å²) in [7, 11) is 0. The van der Waals surface area contributed by atoms with Crippen LogP contribution in [0.3, 0.4) is 0 Å². The maximum Gasteiger partial charge on any atom is 0.279 e. The summed E-state index contributed by atoms with van der Waals surface area (Å²) in [6, 6.07) is 6.05. The number of para-hydroxylation sites is 1. The fraction of sp³-hybridized carbons (Fsp3) is 0.429. The fourth-order valence-corrected chi connectivity index (χ4v) is 5.13. The van der Waals surface area contributed by atoms with Crippen molar-refractivity contribution in [3.8, 4) is 0 Å². The van der Waals surface area contributed by atoms with Gasteiger partial charge in [-0.1, -0.05) is 37.3 Å². The van der Waals surface area contributed by atoms with Crippen molar-refractivity contribution in [2.45, 2.75) is 58.9 Å². The van der Waals surface area contributed by atoms with E-state index in [0.717, 1.165) is 60.9 Å². The van der Waals surface area contributed by atoms with Crippen LogP contribution in [0, 0.1) is 0 Å². The molecule has 4 rings (SSSR count). The van der Waals surface area contributed by atoms with Gasteiger partial charge in [0.25, 0.3) is 5.56 Å². The summed E-state index contributed by atoms with van der Waals surface area (Å²) in [6.07, 6.45) is 5.82. The Balaban J connectivity index is 1.63. The monoisotopic (exact) mass is 396 g/mol. The molecule has 1 aliphatic carbocycles. The molecule has 146 valence electrons. The van der Waals surface area contributed by atoms with Crippen LogP contribution in [-0.4, -0.2) is 20.9 Å². The molecule has 0 bridgehead atoms. The van der Waals surface area contributed by atoms with E-state index in [1.54, 1.807) is 11.3 Å². The number of thiophene rings is 1. The lowest BCUT2D eigenvalue weighted by Gasteiger charge is -2.14. The van der Waals surface area contributed by atoms with Crippen LogP contribution in [0.4, 0.5) is 5.69 Å². The Labute approximate surface area is 167 Å². The summed E-state index contributed by atoms with van der Waals surface area (Å²) in [5.74, 6) is -0.254. The first-order valence-corrected chi connectivity index (χ1v) is 10.7. The number of hydrogen-bond acceptors (Lipinski definition) is 5. The summed E-state index contributed by atoms with van der Waals surface area (Å²) in [5.41, 5.74) is 3.94. The molecule has 0 fully saturated rings. The Kier molecular flexibility index (Phi) is 5.26. The molecule has 28 heavy (non-hydrogen) atoms. The smallest absolute Gasteiger partial charge is 0.279 e. The number of carbonyl (C=O) groups excluding carboxylic acids is 1. The highest BCUT2D eigenvalue weighted by atomic mass is 32.1. The minimum Gasteiger partial charge on any atom is -0.324 e. The lowest BCUT2D eigenvalue weighted by Crippen LogP contribution is -2.31. The fourth-order valence-electron chi connectivity index (χ4n) is 3.93. The maximum absolute atomic E-state index is 13.0. The predicted octanol–water partition coefficient (Wildman–Crippen LogP) is 3.50. The molecule has 1 aliphatic rings. The van der Waals surface area contributed by atoms with Crippen LogP contribution in [-0.2, 0) is 37.0 Å². The van der Waals surface area contributed by atoms with E-state index >= 15 is 0 Å². The molecule has 1 amide bonds. The highest BCUT2D eigenvalue weighted by Gasteiger charge is 2.21. The number of aryl methyl sites for hydroxylation is 4. The summed E-state index contributed by atoms with van der Waals surface area (Å²) < 4.78 is 1.19. The zero-order valence-corrected chi connectivity index (χ0v) is 17.1. The van der Waals surface area contributed by atoms with Crippen molar-refractivity contribution in [1.82, 2.24) is 15.0 Å². The number of amides is 1. The van der Waals surface area contributed by atoms with Crippen LogP contribution >= 0.6 is 11.3 Å². The van der Waals surface area contributed by atoms with E-state index in [1.165, 1.54) is 9.56 Å². The molecule has 3 aromatic rings. The summed E-state index contributed by atoms with van der Waals surface area (Å²) in [6.45, 7) is 4.00. The Hall–Kier alpha value is -2.54. The van der Waals surface area contributed by atoms with Crippen molar-refractivity contribution in [1.29, 1.82) is 0 Å². The number of hydrogen-bond donors (Lipinski definition) is 1. The van der Waals surface area contributed by atoms with Crippen LogP contribution in [0.25, 0.3) is 10.2 Å². The second-order valence-corrected chi connectivity index (χ2v) is 8.23. The van der Waals surface area contributed by atoms with Crippen LogP contribution in [0.2, 0.25) is 0 Å². The molecular weight excluding hydrogens is 372 g/mol. The highest BCUT2D eigenvalue weighted by molar-refractivity contribution is 7.18. The number of carbonyl (C=O) groups is 1. The number of nitrogens with one attached hydrogen (secondary N) is 1. The lowest BCUT2D eigenvalue weighted by atomic mass is 9.97. The summed E-state index contributed by atoms with van der Waals surface area (Å²) >= 11 is 1.57. The second-order valence-electron chi connectivity index (χ2n) is 7.15. The van der Waals surface area contributed by atoms with E-state index in [1.807, 2.05) is 18.2 Å². The number of rotatable bonds is 5. The number of benzene rings is 1. The molecule has 0 radical (unpaired) electrons. The molecule has 7 heteroatoms. The third kappa shape index (κ3) is 3.35. The van der Waals surface area contributed by atoms with Crippen LogP contribution < -0.4 is 10.9 Å². The molecule has 0 atom stereocenters. The molecule has 1 aromatic carbocycles. The van der Waals surface area contributed by atoms with Gasteiger partial charge in [0.2, 0.25) is 5.91 Å². The molecule has 0 unspecified atom stereocenters. The van der Waals surface area contributed by atoms with Crippen molar-refractivity contribution in [2.75, 3.05) is 5.32 Å². The zero-order valence-electron chi connectivity index (χ0n) is 16.2. The third-order valence-electron chi connectivity index (χ3n) is 5.40. The molecule has 0 spiro atoms. The van der Waals surface area contributed by atoms with Gasteiger partial charge in [0.05, 0.1) is 5.39 Å². The van der Waals surface area contributed by atoms with Crippen molar-refractivity contribution in [2.24, 2.45) is 0 Å². The number of nitrogens with zero attached hydrogens (tertiary/aromatic N) is 3. The Bertz CT molecular complexity index is 1080. The standard InChI is InChI=1S/C21H24N4O2S/c1-3-13-8-7-9-14(4-2)19(13)22-17(26)12-25-21(27)18-15-10-5-6-11-16(15)28-20(18)23-24-25/h7-9H,3-6,10-12H2,1-2H3,(H,22,26). The Morgan fingerprint density at radius 3 is 2.61 bits per heavy atom. The molecule has 2 aromatic heterocycles. The van der Waals surface area contributed by atoms with Gasteiger partial charge in [-0.15, -0.1) is 16.4 Å². The van der Waals surface area contributed by atoms with Crippen molar-refractivity contribution < 1.29 is 4.79 Å². The maximum atomic E-state index is 13.0. The van der Waals surface area contributed by atoms with Gasteiger partial charge < -0.3 is 5.32 Å². The molecule has 2 heterocycles. The van der Waals surface area contributed by atoms with E-state index in [0.29, 0.717) is 10.2 Å². The first-order chi connectivity index (χ1) is 13.6. The quantitative estimate of drug-likeness (QED) is 0.716. The summed E-state index contributed by atoms with van der Waals surface area (Å²) in [4.78, 5) is 27.6. The number of fused-ring (bicyclic) bond motifs is 3. The van der Waals surface area contributed by atoms with Gasteiger partial charge in [-0.25, -0.2) is 4.68 Å². The van der Waals surface area contributed by atoms with Crippen LogP contribution in [0.5, 0.6) is 0 Å². The van der Waals surface area contributed by atoms with Crippen molar-refractivity contribution in [3.05, 3.63) is 50.1 Å². The van der Waals surface area contributed by atoms with Gasteiger partial charge in [0.15, 0.2) is 4.83 Å². The first kappa shape index (κ1) is 18.8. The molecule has 0 saturated heterocycles. The van der Waals surface area contributed by atoms with Gasteiger partial charge in [-0.05, 0) is 55.2 Å². The van der Waals surface area contributed by atoms with Crippen molar-refractivity contribution >= 4 is 33.1 Å². The third-order valence-corrected chi connectivity index (χ3v) is 6.58. The second kappa shape index (κ2) is 7.83. The number of aromatic nitrogens is 3. The van der Waals surface area contributed by atoms with Crippen LogP contribution in [0.1, 0.15) is 48.3 Å². The minimum absolute atomic E-state index is 0.131. The Morgan fingerprint density at radius 1 is 1.18 bits per heavy atom. The molecular formula is C21H24N4O2S. The van der Waals surface area contributed by atoms with E-state index in [9.17, 15) is 9.59 Å². The topological polar surface area (TPSA) is 76.9 Å². The largest absolute Gasteiger partial charge is 0.324 e. The molecule has 0 saturated carbocycles. The van der Waals surface area contributed by atoms with Gasteiger partial charge >= 0.3 is 0 Å². The van der Waals surface area contributed by atoms with E-state index in [2.05, 4.69) is 29.5 Å². The normalized spacial score (nSPS) is 13.5. The zero-order chi connectivity index (χ0) is 19.7. The molecule has 6 nitrogen and oxygen atoms in total. The first-order valence-electron chi connectivity index (χ1n) is 9.91. The molecule has 1 N–H and O–H groups in total.